The summed E-state index contributed by atoms with van der Waals surface area (Å²) < 4.78 is 5.19. The Balaban J connectivity index is 1.80. The first-order chi connectivity index (χ1) is 11.9. The molecule has 0 aliphatic heterocycles. The maximum absolute atomic E-state index is 12.4. The number of methoxy groups -OCH3 is 1. The zero-order valence-electron chi connectivity index (χ0n) is 14.7. The SMILES string of the molecule is COc1ccc2nc(C(=O)Nc3cnc(C(C)(C)C)nc3)ccc2c1. The van der Waals surface area contributed by atoms with Gasteiger partial charge in [-0.05, 0) is 24.3 Å². The number of amides is 1. The molecule has 0 bridgehead atoms. The third kappa shape index (κ3) is 3.74. The van der Waals surface area contributed by atoms with Gasteiger partial charge in [0.25, 0.3) is 5.91 Å². The lowest BCUT2D eigenvalue weighted by Crippen LogP contribution is -2.17. The Morgan fingerprint density at radius 3 is 2.44 bits per heavy atom. The molecule has 128 valence electrons. The van der Waals surface area contributed by atoms with Crippen molar-refractivity contribution in [1.29, 1.82) is 0 Å². The highest BCUT2D eigenvalue weighted by Crippen LogP contribution is 2.21. The quantitative estimate of drug-likeness (QED) is 0.791. The van der Waals surface area contributed by atoms with Crippen LogP contribution in [0.2, 0.25) is 0 Å². The number of nitrogens with zero attached hydrogens (tertiary/aromatic N) is 3. The maximum atomic E-state index is 12.4. The fourth-order valence-corrected chi connectivity index (χ4v) is 2.33. The van der Waals surface area contributed by atoms with E-state index in [9.17, 15) is 4.79 Å². The molecule has 0 fully saturated rings. The van der Waals surface area contributed by atoms with Gasteiger partial charge < -0.3 is 10.1 Å². The van der Waals surface area contributed by atoms with Crippen molar-refractivity contribution in [3.63, 3.8) is 0 Å². The Labute approximate surface area is 146 Å². The lowest BCUT2D eigenvalue weighted by Gasteiger charge is -2.16. The van der Waals surface area contributed by atoms with E-state index in [-0.39, 0.29) is 11.3 Å². The highest BCUT2D eigenvalue weighted by atomic mass is 16.5. The molecule has 6 heteroatoms. The number of pyridine rings is 1. The molecule has 1 amide bonds. The molecule has 0 saturated carbocycles. The first-order valence-corrected chi connectivity index (χ1v) is 7.95. The van der Waals surface area contributed by atoms with E-state index >= 15 is 0 Å². The van der Waals surface area contributed by atoms with Gasteiger partial charge in [0.05, 0.1) is 30.7 Å². The summed E-state index contributed by atoms with van der Waals surface area (Å²) in [6.45, 7) is 6.11. The molecule has 2 aromatic heterocycles. The minimum Gasteiger partial charge on any atom is -0.497 e. The van der Waals surface area contributed by atoms with E-state index in [0.717, 1.165) is 22.5 Å². The number of nitrogens with one attached hydrogen (secondary N) is 1. The van der Waals surface area contributed by atoms with Crippen molar-refractivity contribution in [2.75, 3.05) is 12.4 Å². The summed E-state index contributed by atoms with van der Waals surface area (Å²) >= 11 is 0. The number of anilines is 1. The molecule has 1 N–H and O–H groups in total. The van der Waals surface area contributed by atoms with E-state index in [2.05, 4.69) is 20.3 Å². The highest BCUT2D eigenvalue weighted by Gasteiger charge is 2.17. The first kappa shape index (κ1) is 16.8. The van der Waals surface area contributed by atoms with Gasteiger partial charge in [0.15, 0.2) is 0 Å². The third-order valence-corrected chi connectivity index (χ3v) is 3.71. The Morgan fingerprint density at radius 2 is 1.80 bits per heavy atom. The van der Waals surface area contributed by atoms with E-state index in [1.165, 1.54) is 0 Å². The van der Waals surface area contributed by atoms with Crippen LogP contribution in [-0.4, -0.2) is 28.0 Å². The van der Waals surface area contributed by atoms with Gasteiger partial charge in [-0.1, -0.05) is 26.8 Å². The topological polar surface area (TPSA) is 77.0 Å². The smallest absolute Gasteiger partial charge is 0.274 e. The number of ether oxygens (including phenoxy) is 1. The van der Waals surface area contributed by atoms with Crippen molar-refractivity contribution in [3.05, 3.63) is 54.2 Å². The minimum atomic E-state index is -0.301. The molecule has 0 aliphatic carbocycles. The van der Waals surface area contributed by atoms with Gasteiger partial charge in [0, 0.05) is 10.8 Å². The monoisotopic (exact) mass is 336 g/mol. The van der Waals surface area contributed by atoms with Crippen molar-refractivity contribution < 1.29 is 9.53 Å². The van der Waals surface area contributed by atoms with Gasteiger partial charge in [-0.2, -0.15) is 0 Å². The summed E-state index contributed by atoms with van der Waals surface area (Å²) in [5.41, 5.74) is 1.46. The number of fused-ring (bicyclic) bond motifs is 1. The van der Waals surface area contributed by atoms with Crippen molar-refractivity contribution in [2.45, 2.75) is 26.2 Å². The Hall–Kier alpha value is -3.02. The molecule has 3 rings (SSSR count). The first-order valence-electron chi connectivity index (χ1n) is 7.95. The molecule has 1 aromatic carbocycles. The molecule has 0 aliphatic rings. The maximum Gasteiger partial charge on any atom is 0.274 e. The van der Waals surface area contributed by atoms with E-state index in [0.29, 0.717) is 11.4 Å². The van der Waals surface area contributed by atoms with Crippen LogP contribution in [0.1, 0.15) is 37.1 Å². The summed E-state index contributed by atoms with van der Waals surface area (Å²) in [5.74, 6) is 1.18. The van der Waals surface area contributed by atoms with Crippen LogP contribution in [0.3, 0.4) is 0 Å². The Morgan fingerprint density at radius 1 is 1.08 bits per heavy atom. The summed E-state index contributed by atoms with van der Waals surface area (Å²) in [4.78, 5) is 25.4. The van der Waals surface area contributed by atoms with Crippen LogP contribution in [0.5, 0.6) is 5.75 Å². The van der Waals surface area contributed by atoms with Gasteiger partial charge in [0.2, 0.25) is 0 Å². The van der Waals surface area contributed by atoms with Crippen molar-refractivity contribution in [3.8, 4) is 5.75 Å². The van der Waals surface area contributed by atoms with E-state index in [4.69, 9.17) is 4.74 Å². The lowest BCUT2D eigenvalue weighted by atomic mass is 9.96. The number of hydrogen-bond acceptors (Lipinski definition) is 5. The van der Waals surface area contributed by atoms with Crippen LogP contribution < -0.4 is 10.1 Å². The van der Waals surface area contributed by atoms with E-state index in [1.807, 2.05) is 45.0 Å². The molecule has 3 aromatic rings. The summed E-state index contributed by atoms with van der Waals surface area (Å²) in [7, 11) is 1.61. The molecule has 6 nitrogen and oxygen atoms in total. The molecular weight excluding hydrogens is 316 g/mol. The average molecular weight is 336 g/mol. The zero-order chi connectivity index (χ0) is 18.0. The third-order valence-electron chi connectivity index (χ3n) is 3.71. The average Bonchev–Trinajstić information content (AvgIpc) is 2.60. The summed E-state index contributed by atoms with van der Waals surface area (Å²) in [6.07, 6.45) is 3.22. The molecule has 0 unspecified atom stereocenters. The number of carbonyl (C=O) groups excluding carboxylic acids is 1. The normalized spacial score (nSPS) is 11.4. The van der Waals surface area contributed by atoms with Crippen LogP contribution in [-0.2, 0) is 5.41 Å². The van der Waals surface area contributed by atoms with Crippen molar-refractivity contribution in [1.82, 2.24) is 15.0 Å². The zero-order valence-corrected chi connectivity index (χ0v) is 14.7. The van der Waals surface area contributed by atoms with Crippen LogP contribution in [0.25, 0.3) is 10.9 Å². The van der Waals surface area contributed by atoms with Crippen molar-refractivity contribution >= 4 is 22.5 Å². The van der Waals surface area contributed by atoms with Gasteiger partial charge in [-0.15, -0.1) is 0 Å². The Bertz CT molecular complexity index is 915. The fourth-order valence-electron chi connectivity index (χ4n) is 2.33. The van der Waals surface area contributed by atoms with Crippen molar-refractivity contribution in [2.24, 2.45) is 0 Å². The molecule has 0 saturated heterocycles. The number of hydrogen-bond donors (Lipinski definition) is 1. The predicted molar refractivity (Wildman–Crippen MR) is 97.0 cm³/mol. The highest BCUT2D eigenvalue weighted by molar-refractivity contribution is 6.03. The fraction of sp³-hybridized carbons (Fsp3) is 0.263. The molecular formula is C19H20N4O2. The number of carbonyl (C=O) groups is 1. The van der Waals surface area contributed by atoms with Crippen LogP contribution in [0.15, 0.2) is 42.7 Å². The number of aromatic nitrogens is 3. The lowest BCUT2D eigenvalue weighted by molar-refractivity contribution is 0.102. The second-order valence-corrected chi connectivity index (χ2v) is 6.75. The second-order valence-electron chi connectivity index (χ2n) is 6.75. The molecule has 25 heavy (non-hydrogen) atoms. The summed E-state index contributed by atoms with van der Waals surface area (Å²) in [6, 6.07) is 9.05. The minimum absolute atomic E-state index is 0.135. The van der Waals surface area contributed by atoms with E-state index in [1.54, 1.807) is 25.6 Å². The molecule has 0 radical (unpaired) electrons. The van der Waals surface area contributed by atoms with Gasteiger partial charge in [0.1, 0.15) is 17.3 Å². The van der Waals surface area contributed by atoms with Gasteiger partial charge in [-0.3, -0.25) is 4.79 Å². The summed E-state index contributed by atoms with van der Waals surface area (Å²) in [5, 5.41) is 3.68. The van der Waals surface area contributed by atoms with Gasteiger partial charge in [-0.25, -0.2) is 15.0 Å². The van der Waals surface area contributed by atoms with Gasteiger partial charge >= 0.3 is 0 Å². The van der Waals surface area contributed by atoms with Crippen LogP contribution in [0, 0.1) is 0 Å². The second kappa shape index (κ2) is 6.47. The Kier molecular flexibility index (Phi) is 4.35. The van der Waals surface area contributed by atoms with Crippen LogP contribution in [0.4, 0.5) is 5.69 Å². The molecule has 0 atom stereocenters. The standard InChI is InChI=1S/C19H20N4O2/c1-19(2,3)18-20-10-13(11-21-18)22-17(24)16-7-5-12-9-14(25-4)6-8-15(12)23-16/h5-11H,1-4H3,(H,22,24). The number of benzene rings is 1. The molecule has 0 spiro atoms. The predicted octanol–water partition coefficient (Wildman–Crippen LogP) is 3.58. The van der Waals surface area contributed by atoms with Crippen LogP contribution >= 0.6 is 0 Å². The molecule has 2 heterocycles. The largest absolute Gasteiger partial charge is 0.497 e. The number of rotatable bonds is 3. The van der Waals surface area contributed by atoms with E-state index < -0.39 is 0 Å².